The van der Waals surface area contributed by atoms with E-state index in [-0.39, 0.29) is 12.5 Å². The van der Waals surface area contributed by atoms with Crippen molar-refractivity contribution in [1.82, 2.24) is 0 Å². The summed E-state index contributed by atoms with van der Waals surface area (Å²) in [6, 6.07) is 0. The summed E-state index contributed by atoms with van der Waals surface area (Å²) in [6.07, 6.45) is 0.967. The highest BCUT2D eigenvalue weighted by Gasteiger charge is 2.17. The molecule has 5 heteroatoms. The van der Waals surface area contributed by atoms with E-state index in [1.54, 1.807) is 6.92 Å². The molecule has 0 fully saturated rings. The monoisotopic (exact) mass is 194 g/mol. The summed E-state index contributed by atoms with van der Waals surface area (Å²) in [6.45, 7) is 1.78. The first-order valence-corrected chi connectivity index (χ1v) is 5.67. The van der Waals surface area contributed by atoms with Crippen LogP contribution in [0.4, 0.5) is 0 Å². The van der Waals surface area contributed by atoms with Crippen molar-refractivity contribution in [2.75, 3.05) is 19.6 Å². The molecule has 4 nitrogen and oxygen atoms in total. The van der Waals surface area contributed by atoms with Crippen molar-refractivity contribution in [3.05, 3.63) is 0 Å². The molecule has 0 amide bonds. The molecule has 0 aliphatic rings. The second kappa shape index (κ2) is 6.21. The van der Waals surface area contributed by atoms with Crippen LogP contribution in [0.3, 0.4) is 0 Å². The molecular formula is C7H15O4P. The number of rotatable bonds is 6. The molecular weight excluding hydrogens is 179 g/mol. The predicted molar refractivity (Wildman–Crippen MR) is 47.2 cm³/mol. The maximum Gasteiger partial charge on any atom is 0.306 e. The van der Waals surface area contributed by atoms with Gasteiger partial charge in [0.25, 0.3) is 0 Å². The lowest BCUT2D eigenvalue weighted by molar-refractivity contribution is -0.141. The van der Waals surface area contributed by atoms with E-state index in [0.29, 0.717) is 6.42 Å². The molecule has 0 aromatic heterocycles. The van der Waals surface area contributed by atoms with Crippen LogP contribution in [0.2, 0.25) is 0 Å². The van der Waals surface area contributed by atoms with E-state index < -0.39 is 19.7 Å². The lowest BCUT2D eigenvalue weighted by atomic mass is 10.1. The van der Waals surface area contributed by atoms with Gasteiger partial charge in [-0.2, -0.15) is 0 Å². The number of aliphatic carboxylic acids is 1. The van der Waals surface area contributed by atoms with Gasteiger partial charge in [0, 0.05) is 13.3 Å². The fraction of sp³-hybridized carbons (Fsp3) is 0.857. The largest absolute Gasteiger partial charge is 0.481 e. The summed E-state index contributed by atoms with van der Waals surface area (Å²) in [7, 11) is -0.387. The van der Waals surface area contributed by atoms with Crippen LogP contribution < -0.4 is 0 Å². The minimum atomic E-state index is -1.85. The molecule has 0 aromatic rings. The first kappa shape index (κ1) is 11.7. The van der Waals surface area contributed by atoms with Crippen LogP contribution in [0.25, 0.3) is 0 Å². The lowest BCUT2D eigenvalue weighted by Crippen LogP contribution is -2.15. The van der Waals surface area contributed by atoms with Crippen molar-refractivity contribution in [2.24, 2.45) is 5.92 Å². The van der Waals surface area contributed by atoms with E-state index in [1.807, 2.05) is 0 Å². The number of carbonyl (C=O) groups is 1. The Kier molecular flexibility index (Phi) is 6.03. The molecule has 1 N–H and O–H groups in total. The van der Waals surface area contributed by atoms with Gasteiger partial charge in [-0.15, -0.1) is 0 Å². The molecule has 0 radical (unpaired) electrons. The van der Waals surface area contributed by atoms with Gasteiger partial charge in [-0.3, -0.25) is 4.79 Å². The number of ether oxygens (including phenoxy) is 1. The van der Waals surface area contributed by atoms with Crippen molar-refractivity contribution in [3.8, 4) is 0 Å². The van der Waals surface area contributed by atoms with Gasteiger partial charge >= 0.3 is 5.97 Å². The van der Waals surface area contributed by atoms with Gasteiger partial charge in [0.15, 0.2) is 0 Å². The zero-order valence-electron chi connectivity index (χ0n) is 7.37. The third-order valence-electron chi connectivity index (χ3n) is 1.62. The van der Waals surface area contributed by atoms with Crippen LogP contribution in [0, 0.1) is 5.92 Å². The normalized spacial score (nSPS) is 15.5. The van der Waals surface area contributed by atoms with Gasteiger partial charge in [0.1, 0.15) is 7.80 Å². The Morgan fingerprint density at radius 1 is 1.67 bits per heavy atom. The first-order valence-electron chi connectivity index (χ1n) is 3.85. The fourth-order valence-corrected chi connectivity index (χ4v) is 2.35. The molecule has 0 saturated carbocycles. The second-order valence-electron chi connectivity index (χ2n) is 2.62. The average Bonchev–Trinajstić information content (AvgIpc) is 2.00. The minimum Gasteiger partial charge on any atom is -0.481 e. The van der Waals surface area contributed by atoms with E-state index in [4.69, 9.17) is 5.11 Å². The minimum absolute atomic E-state index is 0.189. The number of hydrogen-bond donors (Lipinski definition) is 1. The summed E-state index contributed by atoms with van der Waals surface area (Å²) in [4.78, 5) is 10.5. The van der Waals surface area contributed by atoms with Gasteiger partial charge in [-0.1, -0.05) is 6.92 Å². The zero-order chi connectivity index (χ0) is 9.56. The van der Waals surface area contributed by atoms with E-state index in [1.165, 1.54) is 7.11 Å². The molecule has 0 rings (SSSR count). The summed E-state index contributed by atoms with van der Waals surface area (Å²) >= 11 is 0. The predicted octanol–water partition coefficient (Wildman–Crippen LogP) is 1.26. The highest BCUT2D eigenvalue weighted by molar-refractivity contribution is 7.44. The molecule has 12 heavy (non-hydrogen) atoms. The van der Waals surface area contributed by atoms with Crippen molar-refractivity contribution < 1.29 is 19.2 Å². The maximum atomic E-state index is 11.1. The molecule has 2 unspecified atom stereocenters. The summed E-state index contributed by atoms with van der Waals surface area (Å²) in [5.74, 6) is -1.35. The van der Waals surface area contributed by atoms with Gasteiger partial charge in [0.2, 0.25) is 0 Å². The van der Waals surface area contributed by atoms with Crippen LogP contribution in [0.1, 0.15) is 13.3 Å². The van der Waals surface area contributed by atoms with Gasteiger partial charge in [-0.05, 0) is 6.42 Å². The molecule has 0 aromatic carbocycles. The van der Waals surface area contributed by atoms with E-state index in [0.717, 1.165) is 0 Å². The van der Waals surface area contributed by atoms with E-state index in [9.17, 15) is 9.36 Å². The van der Waals surface area contributed by atoms with Crippen LogP contribution in [-0.4, -0.2) is 30.7 Å². The molecule has 0 bridgehead atoms. The SMILES string of the molecule is CCC(C[PH](=O)COC)C(=O)O. The van der Waals surface area contributed by atoms with Crippen LogP contribution in [0.5, 0.6) is 0 Å². The summed E-state index contributed by atoms with van der Waals surface area (Å²) < 4.78 is 15.8. The van der Waals surface area contributed by atoms with Gasteiger partial charge < -0.3 is 14.4 Å². The maximum absolute atomic E-state index is 11.1. The third kappa shape index (κ3) is 4.52. The molecule has 0 saturated heterocycles. The quantitative estimate of drug-likeness (QED) is 0.646. The third-order valence-corrected chi connectivity index (χ3v) is 3.18. The summed E-state index contributed by atoms with van der Waals surface area (Å²) in [5, 5.41) is 8.63. The molecule has 0 spiro atoms. The van der Waals surface area contributed by atoms with Crippen LogP contribution >= 0.6 is 7.80 Å². The van der Waals surface area contributed by atoms with Crippen molar-refractivity contribution in [3.63, 3.8) is 0 Å². The van der Waals surface area contributed by atoms with E-state index in [2.05, 4.69) is 4.74 Å². The Bertz CT molecular complexity index is 169. The van der Waals surface area contributed by atoms with Gasteiger partial charge in [0.05, 0.1) is 12.3 Å². The molecule has 0 heterocycles. The standard InChI is InChI=1S/C7H15O4P/c1-3-6(7(8)9)4-12(10)5-11-2/h6,12H,3-5H2,1-2H3,(H,8,9). The van der Waals surface area contributed by atoms with Gasteiger partial charge in [-0.25, -0.2) is 0 Å². The van der Waals surface area contributed by atoms with Crippen molar-refractivity contribution in [1.29, 1.82) is 0 Å². The summed E-state index contributed by atoms with van der Waals surface area (Å²) in [5.41, 5.74) is 0. The Morgan fingerprint density at radius 3 is 2.58 bits per heavy atom. The number of carboxylic acid groups (broad SMARTS) is 1. The highest BCUT2D eigenvalue weighted by Crippen LogP contribution is 2.25. The van der Waals surface area contributed by atoms with E-state index >= 15 is 0 Å². The van der Waals surface area contributed by atoms with Crippen molar-refractivity contribution >= 4 is 13.8 Å². The lowest BCUT2D eigenvalue weighted by Gasteiger charge is -2.08. The number of hydrogen-bond acceptors (Lipinski definition) is 3. The highest BCUT2D eigenvalue weighted by atomic mass is 31.1. The second-order valence-corrected chi connectivity index (χ2v) is 4.39. The topological polar surface area (TPSA) is 63.6 Å². The smallest absolute Gasteiger partial charge is 0.306 e. The average molecular weight is 194 g/mol. The Hall–Kier alpha value is -0.340. The fourth-order valence-electron chi connectivity index (χ4n) is 0.901. The molecule has 0 aliphatic heterocycles. The van der Waals surface area contributed by atoms with Crippen LogP contribution in [0.15, 0.2) is 0 Å². The van der Waals surface area contributed by atoms with Crippen molar-refractivity contribution in [2.45, 2.75) is 13.3 Å². The Morgan fingerprint density at radius 2 is 2.25 bits per heavy atom. The molecule has 72 valence electrons. The zero-order valence-corrected chi connectivity index (χ0v) is 8.37. The first-order chi connectivity index (χ1) is 5.61. The van der Waals surface area contributed by atoms with Crippen LogP contribution in [-0.2, 0) is 14.1 Å². The molecule has 0 aliphatic carbocycles. The number of methoxy groups -OCH3 is 1. The Labute approximate surface area is 72.7 Å². The number of carboxylic acids is 1. The molecule has 2 atom stereocenters. The Balaban J connectivity index is 3.85.